The molecule has 2 fully saturated rings. The van der Waals surface area contributed by atoms with E-state index in [-0.39, 0.29) is 0 Å². The van der Waals surface area contributed by atoms with Crippen LogP contribution < -0.4 is 4.90 Å². The maximum atomic E-state index is 5.69. The topological polar surface area (TPSA) is 80.4 Å². The Labute approximate surface area is 159 Å². The van der Waals surface area contributed by atoms with Crippen molar-refractivity contribution in [3.05, 3.63) is 29.4 Å². The monoisotopic (exact) mass is 372 g/mol. The predicted molar refractivity (Wildman–Crippen MR) is 101 cm³/mol. The molecule has 0 radical (unpaired) electrons. The van der Waals surface area contributed by atoms with E-state index in [0.29, 0.717) is 24.2 Å². The Bertz CT molecular complexity index is 758. The lowest BCUT2D eigenvalue weighted by molar-refractivity contribution is 0.122. The van der Waals surface area contributed by atoms with Gasteiger partial charge in [0.2, 0.25) is 11.8 Å². The van der Waals surface area contributed by atoms with Crippen molar-refractivity contribution in [2.45, 2.75) is 45.6 Å². The lowest BCUT2D eigenvalue weighted by Crippen LogP contribution is -2.37. The highest BCUT2D eigenvalue weighted by atomic mass is 16.5. The molecule has 0 aliphatic carbocycles. The van der Waals surface area contributed by atoms with Crippen LogP contribution in [0.2, 0.25) is 0 Å². The summed E-state index contributed by atoms with van der Waals surface area (Å²) < 4.78 is 11.2. The first-order valence-corrected chi connectivity index (χ1v) is 9.93. The molecule has 0 aromatic carbocycles. The first-order chi connectivity index (χ1) is 13.2. The van der Waals surface area contributed by atoms with Gasteiger partial charge in [0.1, 0.15) is 11.6 Å². The summed E-state index contributed by atoms with van der Waals surface area (Å²) in [7, 11) is 0. The van der Waals surface area contributed by atoms with E-state index in [1.807, 2.05) is 13.8 Å². The van der Waals surface area contributed by atoms with Crippen LogP contribution in [-0.4, -0.2) is 64.5 Å². The number of anilines is 1. The number of rotatable bonds is 5. The van der Waals surface area contributed by atoms with Gasteiger partial charge in [0.05, 0.1) is 25.5 Å². The normalized spacial score (nSPS) is 21.6. The van der Waals surface area contributed by atoms with Crippen LogP contribution in [0.5, 0.6) is 0 Å². The van der Waals surface area contributed by atoms with Crippen LogP contribution in [0.25, 0.3) is 0 Å². The minimum atomic E-state index is 0.411. The Morgan fingerprint density at radius 2 is 1.93 bits per heavy atom. The number of piperidine rings is 1. The highest BCUT2D eigenvalue weighted by Crippen LogP contribution is 2.28. The van der Waals surface area contributed by atoms with Gasteiger partial charge in [-0.15, -0.1) is 10.2 Å². The first-order valence-electron chi connectivity index (χ1n) is 9.93. The molecule has 4 rings (SSSR count). The van der Waals surface area contributed by atoms with Gasteiger partial charge >= 0.3 is 0 Å². The predicted octanol–water partition coefficient (Wildman–Crippen LogP) is 1.95. The van der Waals surface area contributed by atoms with Crippen LogP contribution >= 0.6 is 0 Å². The molecule has 0 bridgehead atoms. The third kappa shape index (κ3) is 4.44. The summed E-state index contributed by atoms with van der Waals surface area (Å²) >= 11 is 0. The van der Waals surface area contributed by atoms with E-state index in [9.17, 15) is 0 Å². The molecular weight excluding hydrogens is 344 g/mol. The van der Waals surface area contributed by atoms with Gasteiger partial charge in [-0.2, -0.15) is 0 Å². The van der Waals surface area contributed by atoms with E-state index >= 15 is 0 Å². The standard InChI is InChI=1S/C19H28N6O2/c1-3-18-22-23-19(27-18)13-24-6-4-5-15(12-24)16-11-17(21-14(2)20-16)25-7-9-26-10-8-25/h11,15H,3-10,12-13H2,1-2H3/t15-/m1/s1. The molecule has 8 heteroatoms. The van der Waals surface area contributed by atoms with E-state index < -0.39 is 0 Å². The third-order valence-electron chi connectivity index (χ3n) is 5.27. The van der Waals surface area contributed by atoms with Crippen LogP contribution in [0.1, 0.15) is 49.0 Å². The summed E-state index contributed by atoms with van der Waals surface area (Å²) in [6.07, 6.45) is 3.08. The maximum Gasteiger partial charge on any atom is 0.230 e. The zero-order valence-corrected chi connectivity index (χ0v) is 16.2. The first kappa shape index (κ1) is 18.3. The van der Waals surface area contributed by atoms with Gasteiger partial charge < -0.3 is 14.1 Å². The second-order valence-electron chi connectivity index (χ2n) is 7.32. The smallest absolute Gasteiger partial charge is 0.230 e. The molecule has 2 aromatic rings. The number of nitrogens with zero attached hydrogens (tertiary/aromatic N) is 6. The molecule has 2 aromatic heterocycles. The van der Waals surface area contributed by atoms with Crippen LogP contribution in [-0.2, 0) is 17.7 Å². The zero-order valence-electron chi connectivity index (χ0n) is 16.2. The van der Waals surface area contributed by atoms with Crippen molar-refractivity contribution in [1.82, 2.24) is 25.1 Å². The molecule has 146 valence electrons. The SMILES string of the molecule is CCc1nnc(CN2CCC[C@@H](c3cc(N4CCOCC4)nc(C)n3)C2)o1. The van der Waals surface area contributed by atoms with Crippen molar-refractivity contribution < 1.29 is 9.15 Å². The molecule has 1 atom stereocenters. The van der Waals surface area contributed by atoms with Crippen molar-refractivity contribution in [2.75, 3.05) is 44.3 Å². The van der Waals surface area contributed by atoms with Gasteiger partial charge in [0.15, 0.2) is 0 Å². The molecule has 0 N–H and O–H groups in total. The summed E-state index contributed by atoms with van der Waals surface area (Å²) in [5.41, 5.74) is 1.15. The summed E-state index contributed by atoms with van der Waals surface area (Å²) in [4.78, 5) is 14.1. The van der Waals surface area contributed by atoms with Crippen LogP contribution in [0.3, 0.4) is 0 Å². The molecule has 0 amide bonds. The van der Waals surface area contributed by atoms with Crippen molar-refractivity contribution >= 4 is 5.82 Å². The van der Waals surface area contributed by atoms with Crippen molar-refractivity contribution in [2.24, 2.45) is 0 Å². The lowest BCUT2D eigenvalue weighted by Gasteiger charge is -2.32. The summed E-state index contributed by atoms with van der Waals surface area (Å²) in [5.74, 6) is 3.70. The molecule has 0 unspecified atom stereocenters. The molecular formula is C19H28N6O2. The second kappa shape index (κ2) is 8.31. The number of likely N-dealkylation sites (tertiary alicyclic amines) is 1. The Morgan fingerprint density at radius 1 is 1.11 bits per heavy atom. The highest BCUT2D eigenvalue weighted by molar-refractivity contribution is 5.41. The van der Waals surface area contributed by atoms with E-state index in [1.54, 1.807) is 0 Å². The minimum absolute atomic E-state index is 0.411. The number of ether oxygens (including phenoxy) is 1. The second-order valence-corrected chi connectivity index (χ2v) is 7.32. The zero-order chi connectivity index (χ0) is 18.6. The van der Waals surface area contributed by atoms with Gasteiger partial charge in [-0.05, 0) is 26.3 Å². The van der Waals surface area contributed by atoms with Gasteiger partial charge in [-0.3, -0.25) is 4.90 Å². The largest absolute Gasteiger partial charge is 0.424 e. The summed E-state index contributed by atoms with van der Waals surface area (Å²) in [6.45, 7) is 10.1. The van der Waals surface area contributed by atoms with Crippen molar-refractivity contribution in [3.8, 4) is 0 Å². The fourth-order valence-corrected chi connectivity index (χ4v) is 3.86. The number of aryl methyl sites for hydroxylation is 2. The molecule has 0 saturated carbocycles. The third-order valence-corrected chi connectivity index (χ3v) is 5.27. The maximum absolute atomic E-state index is 5.69. The fourth-order valence-electron chi connectivity index (χ4n) is 3.86. The average molecular weight is 372 g/mol. The van der Waals surface area contributed by atoms with Crippen LogP contribution in [0.4, 0.5) is 5.82 Å². The molecule has 4 heterocycles. The summed E-state index contributed by atoms with van der Waals surface area (Å²) in [6, 6.07) is 2.17. The minimum Gasteiger partial charge on any atom is -0.424 e. The molecule has 8 nitrogen and oxygen atoms in total. The van der Waals surface area contributed by atoms with Crippen LogP contribution in [0, 0.1) is 6.92 Å². The molecule has 2 aliphatic rings. The van der Waals surface area contributed by atoms with Crippen LogP contribution in [0.15, 0.2) is 10.5 Å². The Morgan fingerprint density at radius 3 is 2.70 bits per heavy atom. The quantitative estimate of drug-likeness (QED) is 0.788. The summed E-state index contributed by atoms with van der Waals surface area (Å²) in [5, 5.41) is 8.24. The molecule has 27 heavy (non-hydrogen) atoms. The number of morpholine rings is 1. The Kier molecular flexibility index (Phi) is 5.63. The van der Waals surface area contributed by atoms with E-state index in [0.717, 1.165) is 76.0 Å². The van der Waals surface area contributed by atoms with Gasteiger partial charge in [0, 0.05) is 38.0 Å². The number of hydrogen-bond acceptors (Lipinski definition) is 8. The van der Waals surface area contributed by atoms with Crippen molar-refractivity contribution in [1.29, 1.82) is 0 Å². The van der Waals surface area contributed by atoms with E-state index in [2.05, 4.69) is 31.0 Å². The Hall–Kier alpha value is -2.06. The number of hydrogen-bond donors (Lipinski definition) is 0. The van der Waals surface area contributed by atoms with Gasteiger partial charge in [-0.25, -0.2) is 9.97 Å². The van der Waals surface area contributed by atoms with Gasteiger partial charge in [-0.1, -0.05) is 6.92 Å². The Balaban J connectivity index is 1.46. The highest BCUT2D eigenvalue weighted by Gasteiger charge is 2.25. The van der Waals surface area contributed by atoms with Gasteiger partial charge in [0.25, 0.3) is 0 Å². The van der Waals surface area contributed by atoms with E-state index in [4.69, 9.17) is 14.1 Å². The average Bonchev–Trinajstić information content (AvgIpc) is 3.16. The van der Waals surface area contributed by atoms with E-state index in [1.165, 1.54) is 0 Å². The number of aromatic nitrogens is 4. The van der Waals surface area contributed by atoms with Crippen molar-refractivity contribution in [3.63, 3.8) is 0 Å². The molecule has 2 saturated heterocycles. The molecule has 2 aliphatic heterocycles. The lowest BCUT2D eigenvalue weighted by atomic mass is 9.94. The molecule has 0 spiro atoms. The fraction of sp³-hybridized carbons (Fsp3) is 0.684.